The third kappa shape index (κ3) is 7.55. The van der Waals surface area contributed by atoms with Crippen molar-refractivity contribution in [3.8, 4) is 0 Å². The van der Waals surface area contributed by atoms with E-state index in [-0.39, 0.29) is 23.4 Å². The van der Waals surface area contributed by atoms with E-state index in [1.807, 2.05) is 51.1 Å². The van der Waals surface area contributed by atoms with Crippen LogP contribution in [0.3, 0.4) is 0 Å². The largest absolute Gasteiger partial charge is 0.352 e. The van der Waals surface area contributed by atoms with Gasteiger partial charge in [0.2, 0.25) is 11.8 Å². The zero-order valence-electron chi connectivity index (χ0n) is 24.3. The molecule has 41 heavy (non-hydrogen) atoms. The van der Waals surface area contributed by atoms with E-state index >= 15 is 0 Å². The van der Waals surface area contributed by atoms with Crippen LogP contribution in [0.2, 0.25) is 0 Å². The van der Waals surface area contributed by atoms with Gasteiger partial charge >= 0.3 is 0 Å². The van der Waals surface area contributed by atoms with Crippen molar-refractivity contribution >= 4 is 27.5 Å². The highest BCUT2D eigenvalue weighted by molar-refractivity contribution is 7.92. The topological polar surface area (TPSA) is 86.8 Å². The Morgan fingerprint density at radius 1 is 0.902 bits per heavy atom. The Balaban J connectivity index is 1.71. The monoisotopic (exact) mass is 575 g/mol. The number of sulfonamides is 1. The molecule has 0 bridgehead atoms. The highest BCUT2D eigenvalue weighted by Gasteiger charge is 2.34. The number of benzene rings is 3. The summed E-state index contributed by atoms with van der Waals surface area (Å²) in [6, 6.07) is 22.4. The third-order valence-corrected chi connectivity index (χ3v) is 9.63. The van der Waals surface area contributed by atoms with Gasteiger partial charge in [0.25, 0.3) is 10.0 Å². The van der Waals surface area contributed by atoms with E-state index in [2.05, 4.69) is 5.32 Å². The summed E-state index contributed by atoms with van der Waals surface area (Å²) in [5.74, 6) is -0.616. The molecule has 0 aromatic heterocycles. The average molecular weight is 576 g/mol. The molecule has 218 valence electrons. The van der Waals surface area contributed by atoms with Crippen molar-refractivity contribution in [3.63, 3.8) is 0 Å². The molecule has 8 heteroatoms. The first kappa shape index (κ1) is 30.3. The molecule has 1 aliphatic carbocycles. The van der Waals surface area contributed by atoms with E-state index < -0.39 is 28.5 Å². The first-order chi connectivity index (χ1) is 19.7. The molecule has 0 saturated heterocycles. The molecule has 0 unspecified atom stereocenters. The minimum Gasteiger partial charge on any atom is -0.352 e. The zero-order chi connectivity index (χ0) is 29.4. The molecular weight excluding hydrogens is 534 g/mol. The first-order valence-corrected chi connectivity index (χ1v) is 15.9. The summed E-state index contributed by atoms with van der Waals surface area (Å²) in [5.41, 5.74) is 3.19. The number of carbonyl (C=O) groups excluding carboxylic acids is 2. The molecule has 4 rings (SSSR count). The maximum Gasteiger partial charge on any atom is 0.264 e. The second kappa shape index (κ2) is 13.8. The van der Waals surface area contributed by atoms with Crippen molar-refractivity contribution in [1.82, 2.24) is 10.2 Å². The van der Waals surface area contributed by atoms with Crippen molar-refractivity contribution in [2.75, 3.05) is 10.8 Å². The van der Waals surface area contributed by atoms with E-state index in [0.717, 1.165) is 46.7 Å². The first-order valence-electron chi connectivity index (χ1n) is 14.5. The number of carbonyl (C=O) groups is 2. The normalized spacial score (nSPS) is 14.7. The Hall–Kier alpha value is -3.65. The van der Waals surface area contributed by atoms with Crippen LogP contribution in [-0.4, -0.2) is 43.8 Å². The van der Waals surface area contributed by atoms with Crippen LogP contribution in [-0.2, 0) is 26.2 Å². The maximum absolute atomic E-state index is 14.2. The minimum atomic E-state index is -4.07. The van der Waals surface area contributed by atoms with Crippen LogP contribution < -0.4 is 9.62 Å². The van der Waals surface area contributed by atoms with Gasteiger partial charge in [-0.1, -0.05) is 80.8 Å². The number of anilines is 1. The molecule has 0 radical (unpaired) electrons. The highest BCUT2D eigenvalue weighted by Crippen LogP contribution is 2.26. The van der Waals surface area contributed by atoms with Gasteiger partial charge < -0.3 is 10.2 Å². The lowest BCUT2D eigenvalue weighted by molar-refractivity contribution is -0.140. The summed E-state index contributed by atoms with van der Waals surface area (Å²) in [7, 11) is -4.07. The summed E-state index contributed by atoms with van der Waals surface area (Å²) in [6.45, 7) is 5.52. The third-order valence-electron chi connectivity index (χ3n) is 7.84. The van der Waals surface area contributed by atoms with Gasteiger partial charge in [0.1, 0.15) is 12.6 Å². The molecule has 1 saturated carbocycles. The van der Waals surface area contributed by atoms with Crippen molar-refractivity contribution in [3.05, 3.63) is 95.6 Å². The van der Waals surface area contributed by atoms with Gasteiger partial charge in [-0.25, -0.2) is 8.42 Å². The van der Waals surface area contributed by atoms with Crippen LogP contribution >= 0.6 is 0 Å². The van der Waals surface area contributed by atoms with Crippen molar-refractivity contribution in [1.29, 1.82) is 0 Å². The van der Waals surface area contributed by atoms with Crippen LogP contribution in [0.1, 0.15) is 62.1 Å². The van der Waals surface area contributed by atoms with E-state index in [1.165, 1.54) is 18.6 Å². The van der Waals surface area contributed by atoms with E-state index in [4.69, 9.17) is 0 Å². The lowest BCUT2D eigenvalue weighted by atomic mass is 9.95. The molecule has 0 heterocycles. The van der Waals surface area contributed by atoms with Gasteiger partial charge in [-0.05, 0) is 74.1 Å². The quantitative estimate of drug-likeness (QED) is 0.315. The summed E-state index contributed by atoms with van der Waals surface area (Å²) in [5, 5.41) is 3.19. The Kier molecular flexibility index (Phi) is 10.2. The Bertz CT molecular complexity index is 1440. The minimum absolute atomic E-state index is 0.0989. The average Bonchev–Trinajstić information content (AvgIpc) is 2.97. The number of hydrogen-bond donors (Lipinski definition) is 1. The number of nitrogens with zero attached hydrogens (tertiary/aromatic N) is 2. The van der Waals surface area contributed by atoms with Crippen LogP contribution in [0.15, 0.2) is 83.8 Å². The lowest BCUT2D eigenvalue weighted by Gasteiger charge is -2.34. The van der Waals surface area contributed by atoms with Gasteiger partial charge in [0.05, 0.1) is 10.6 Å². The predicted octanol–water partition coefficient (Wildman–Crippen LogP) is 5.76. The fourth-order valence-corrected chi connectivity index (χ4v) is 6.89. The second-order valence-corrected chi connectivity index (χ2v) is 12.7. The molecule has 7 nitrogen and oxygen atoms in total. The summed E-state index contributed by atoms with van der Waals surface area (Å²) in [4.78, 5) is 29.5. The smallest absolute Gasteiger partial charge is 0.264 e. The zero-order valence-corrected chi connectivity index (χ0v) is 25.1. The summed E-state index contributed by atoms with van der Waals surface area (Å²) < 4.78 is 29.0. The van der Waals surface area contributed by atoms with Crippen LogP contribution in [0.25, 0.3) is 0 Å². The summed E-state index contributed by atoms with van der Waals surface area (Å²) >= 11 is 0. The van der Waals surface area contributed by atoms with Gasteiger partial charge in [-0.2, -0.15) is 0 Å². The fraction of sp³-hybridized carbons (Fsp3) is 0.394. The van der Waals surface area contributed by atoms with E-state index in [1.54, 1.807) is 41.3 Å². The number of rotatable bonds is 11. The van der Waals surface area contributed by atoms with E-state index in [0.29, 0.717) is 12.1 Å². The molecule has 1 atom stereocenters. The predicted molar refractivity (Wildman–Crippen MR) is 163 cm³/mol. The molecule has 2 amide bonds. The highest BCUT2D eigenvalue weighted by atomic mass is 32.2. The molecule has 0 spiro atoms. The second-order valence-electron chi connectivity index (χ2n) is 10.9. The molecule has 0 aliphatic heterocycles. The van der Waals surface area contributed by atoms with Crippen LogP contribution in [0.4, 0.5) is 5.69 Å². The molecule has 1 fully saturated rings. The van der Waals surface area contributed by atoms with Crippen LogP contribution in [0.5, 0.6) is 0 Å². The molecular formula is C33H41N3O4S. The molecule has 1 N–H and O–H groups in total. The van der Waals surface area contributed by atoms with Gasteiger partial charge in [0.15, 0.2) is 0 Å². The van der Waals surface area contributed by atoms with Crippen molar-refractivity contribution in [2.45, 2.75) is 82.8 Å². The van der Waals surface area contributed by atoms with Gasteiger partial charge in [0, 0.05) is 12.6 Å². The number of amides is 2. The van der Waals surface area contributed by atoms with Crippen LogP contribution in [0, 0.1) is 13.8 Å². The Morgan fingerprint density at radius 3 is 2.24 bits per heavy atom. The van der Waals surface area contributed by atoms with Crippen molar-refractivity contribution < 1.29 is 18.0 Å². The van der Waals surface area contributed by atoms with Gasteiger partial charge in [-0.15, -0.1) is 0 Å². The molecule has 3 aromatic rings. The SMILES string of the molecule is CC[C@@H](C(=O)NC1CCCCC1)N(Cc1ccccc1C)C(=O)CN(c1cccc(C)c1)S(=O)(=O)c1ccccc1. The summed E-state index contributed by atoms with van der Waals surface area (Å²) in [6.07, 6.45) is 5.61. The Morgan fingerprint density at radius 2 is 1.59 bits per heavy atom. The van der Waals surface area contributed by atoms with Crippen molar-refractivity contribution in [2.24, 2.45) is 0 Å². The number of aryl methyl sites for hydroxylation is 2. The lowest BCUT2D eigenvalue weighted by Crippen LogP contribution is -2.54. The number of hydrogen-bond acceptors (Lipinski definition) is 4. The number of nitrogens with one attached hydrogen (secondary N) is 1. The molecule has 3 aromatic carbocycles. The maximum atomic E-state index is 14.2. The standard InChI is InChI=1S/C33H41N3O4S/c1-4-31(33(38)34-28-17-7-5-8-18-28)35(23-27-16-12-11-15-26(27)3)32(37)24-36(29-19-13-14-25(2)22-29)41(39,40)30-20-9-6-10-21-30/h6,9-16,19-22,28,31H,4-5,7-8,17-18,23-24H2,1-3H3,(H,34,38)/t31-/m0/s1. The fourth-order valence-electron chi connectivity index (χ4n) is 5.47. The van der Waals surface area contributed by atoms with E-state index in [9.17, 15) is 18.0 Å². The molecule has 1 aliphatic rings. The Labute approximate surface area is 244 Å². The van der Waals surface area contributed by atoms with Gasteiger partial charge in [-0.3, -0.25) is 13.9 Å².